The van der Waals surface area contributed by atoms with Crippen LogP contribution in [0.25, 0.3) is 0 Å². The van der Waals surface area contributed by atoms with Gasteiger partial charge in [-0.15, -0.1) is 0 Å². The first-order valence-electron chi connectivity index (χ1n) is 3.37. The molecule has 0 saturated carbocycles. The Hall–Kier alpha value is -1.02. The zero-order valence-electron chi connectivity index (χ0n) is 6.54. The maximum absolute atomic E-state index is 5.09. The normalized spacial score (nSPS) is 9.64. The molecule has 11 heavy (non-hydrogen) atoms. The lowest BCUT2D eigenvalue weighted by atomic mass is 10.2. The molecule has 0 saturated heterocycles. The molecular formula is C9H11O2. The molecule has 2 heteroatoms. The van der Waals surface area contributed by atoms with E-state index in [9.17, 15) is 0 Å². The van der Waals surface area contributed by atoms with Gasteiger partial charge in [0.1, 0.15) is 5.75 Å². The lowest BCUT2D eigenvalue weighted by Gasteiger charge is -2.05. The second-order valence-electron chi connectivity index (χ2n) is 2.16. The van der Waals surface area contributed by atoms with Crippen LogP contribution in [0.1, 0.15) is 5.56 Å². The average Bonchev–Trinajstić information content (AvgIpc) is 2.06. The summed E-state index contributed by atoms with van der Waals surface area (Å²) in [6.45, 7) is 0.490. The molecule has 1 aromatic rings. The van der Waals surface area contributed by atoms with Crippen LogP contribution in [-0.2, 0) is 11.3 Å². The van der Waals surface area contributed by atoms with E-state index >= 15 is 0 Å². The first-order chi connectivity index (χ1) is 5.38. The van der Waals surface area contributed by atoms with E-state index in [1.165, 1.54) is 0 Å². The molecule has 0 aliphatic carbocycles. The average molecular weight is 151 g/mol. The number of hydrogen-bond donors (Lipinski definition) is 0. The highest BCUT2D eigenvalue weighted by Gasteiger charge is 1.98. The van der Waals surface area contributed by atoms with Crippen LogP contribution >= 0.6 is 0 Å². The first-order valence-corrected chi connectivity index (χ1v) is 3.37. The fraction of sp³-hybridized carbons (Fsp3) is 0.222. The molecule has 0 aliphatic heterocycles. The van der Waals surface area contributed by atoms with Crippen molar-refractivity contribution in [1.29, 1.82) is 0 Å². The Morgan fingerprint density at radius 1 is 1.36 bits per heavy atom. The SMILES string of the molecule is [CH2]OCc1ccccc1OC. The molecule has 0 fully saturated rings. The highest BCUT2D eigenvalue weighted by atomic mass is 16.5. The molecule has 0 spiro atoms. The van der Waals surface area contributed by atoms with Gasteiger partial charge in [-0.05, 0) is 6.07 Å². The van der Waals surface area contributed by atoms with Crippen LogP contribution in [0.2, 0.25) is 0 Å². The first kappa shape index (κ1) is 8.08. The highest BCUT2D eigenvalue weighted by Crippen LogP contribution is 2.17. The van der Waals surface area contributed by atoms with Crippen LogP contribution < -0.4 is 4.74 Å². The Kier molecular flexibility index (Phi) is 2.93. The summed E-state index contributed by atoms with van der Waals surface area (Å²) in [6.07, 6.45) is 0. The van der Waals surface area contributed by atoms with E-state index in [1.54, 1.807) is 7.11 Å². The summed E-state index contributed by atoms with van der Waals surface area (Å²) in [5.41, 5.74) is 1.02. The van der Waals surface area contributed by atoms with Crippen molar-refractivity contribution in [3.8, 4) is 5.75 Å². The standard InChI is InChI=1S/C9H11O2/c1-10-7-8-5-3-4-6-9(8)11-2/h3-6H,1,7H2,2H3. The predicted molar refractivity (Wildman–Crippen MR) is 43.1 cm³/mol. The molecule has 1 aromatic carbocycles. The minimum atomic E-state index is 0.490. The molecule has 0 heterocycles. The van der Waals surface area contributed by atoms with Crippen molar-refractivity contribution < 1.29 is 9.47 Å². The molecule has 0 unspecified atom stereocenters. The van der Waals surface area contributed by atoms with Gasteiger partial charge in [-0.1, -0.05) is 18.2 Å². The summed E-state index contributed by atoms with van der Waals surface area (Å²) in [6, 6.07) is 7.71. The van der Waals surface area contributed by atoms with Crippen molar-refractivity contribution in [3.63, 3.8) is 0 Å². The maximum atomic E-state index is 5.09. The summed E-state index contributed by atoms with van der Waals surface area (Å²) in [7, 11) is 4.94. The van der Waals surface area contributed by atoms with Gasteiger partial charge < -0.3 is 9.47 Å². The lowest BCUT2D eigenvalue weighted by Crippen LogP contribution is -1.91. The highest BCUT2D eigenvalue weighted by molar-refractivity contribution is 5.32. The molecule has 0 atom stereocenters. The Labute approximate surface area is 66.8 Å². The molecule has 0 aromatic heterocycles. The monoisotopic (exact) mass is 151 g/mol. The summed E-state index contributed by atoms with van der Waals surface area (Å²) in [5, 5.41) is 0. The molecule has 0 aliphatic rings. The van der Waals surface area contributed by atoms with Crippen molar-refractivity contribution in [2.75, 3.05) is 7.11 Å². The Balaban J connectivity index is 2.83. The summed E-state index contributed by atoms with van der Waals surface area (Å²) >= 11 is 0. The molecular weight excluding hydrogens is 140 g/mol. The predicted octanol–water partition coefficient (Wildman–Crippen LogP) is 2.00. The van der Waals surface area contributed by atoms with Gasteiger partial charge in [-0.25, -0.2) is 0 Å². The van der Waals surface area contributed by atoms with Crippen molar-refractivity contribution >= 4 is 0 Å². The molecule has 59 valence electrons. The Bertz CT molecular complexity index is 221. The zero-order chi connectivity index (χ0) is 8.10. The van der Waals surface area contributed by atoms with Crippen molar-refractivity contribution in [1.82, 2.24) is 0 Å². The second-order valence-corrected chi connectivity index (χ2v) is 2.16. The molecule has 1 radical (unpaired) electrons. The third-order valence-corrected chi connectivity index (χ3v) is 1.45. The van der Waals surface area contributed by atoms with Gasteiger partial charge in [-0.2, -0.15) is 0 Å². The van der Waals surface area contributed by atoms with Gasteiger partial charge in [0.15, 0.2) is 0 Å². The number of methoxy groups -OCH3 is 1. The zero-order valence-corrected chi connectivity index (χ0v) is 6.54. The van der Waals surface area contributed by atoms with Crippen LogP contribution in [-0.4, -0.2) is 7.11 Å². The quantitative estimate of drug-likeness (QED) is 0.657. The number of ether oxygens (including phenoxy) is 2. The summed E-state index contributed by atoms with van der Waals surface area (Å²) < 4.78 is 9.83. The van der Waals surface area contributed by atoms with Crippen LogP contribution in [0.15, 0.2) is 24.3 Å². The minimum Gasteiger partial charge on any atom is -0.496 e. The summed E-state index contributed by atoms with van der Waals surface area (Å²) in [4.78, 5) is 0. The third-order valence-electron chi connectivity index (χ3n) is 1.45. The van der Waals surface area contributed by atoms with Crippen LogP contribution in [0.5, 0.6) is 5.75 Å². The van der Waals surface area contributed by atoms with Crippen molar-refractivity contribution in [2.45, 2.75) is 6.61 Å². The van der Waals surface area contributed by atoms with Crippen LogP contribution in [0.3, 0.4) is 0 Å². The molecule has 2 nitrogen and oxygen atoms in total. The van der Waals surface area contributed by atoms with Gasteiger partial charge >= 0.3 is 0 Å². The van der Waals surface area contributed by atoms with Crippen molar-refractivity contribution in [2.24, 2.45) is 0 Å². The van der Waals surface area contributed by atoms with Crippen LogP contribution in [0, 0.1) is 7.11 Å². The topological polar surface area (TPSA) is 18.5 Å². The fourth-order valence-electron chi connectivity index (χ4n) is 0.932. The van der Waals surface area contributed by atoms with E-state index < -0.39 is 0 Å². The van der Waals surface area contributed by atoms with Gasteiger partial charge in [0.25, 0.3) is 0 Å². The number of hydrogen-bond acceptors (Lipinski definition) is 2. The van der Waals surface area contributed by atoms with Gasteiger partial charge in [0, 0.05) is 5.56 Å². The smallest absolute Gasteiger partial charge is 0.124 e. The molecule has 0 bridgehead atoms. The molecule has 0 amide bonds. The minimum absolute atomic E-state index is 0.490. The second kappa shape index (κ2) is 3.98. The van der Waals surface area contributed by atoms with Gasteiger partial charge in [-0.3, -0.25) is 0 Å². The number of rotatable bonds is 3. The van der Waals surface area contributed by atoms with E-state index in [1.807, 2.05) is 24.3 Å². The van der Waals surface area contributed by atoms with Crippen LogP contribution in [0.4, 0.5) is 0 Å². The maximum Gasteiger partial charge on any atom is 0.124 e. The largest absolute Gasteiger partial charge is 0.496 e. The van der Waals surface area contributed by atoms with Gasteiger partial charge in [0.05, 0.1) is 20.8 Å². The fourth-order valence-corrected chi connectivity index (χ4v) is 0.932. The molecule has 0 N–H and O–H groups in total. The van der Waals surface area contributed by atoms with E-state index in [2.05, 4.69) is 7.11 Å². The number of benzene rings is 1. The Morgan fingerprint density at radius 2 is 2.09 bits per heavy atom. The van der Waals surface area contributed by atoms with E-state index in [0.29, 0.717) is 6.61 Å². The van der Waals surface area contributed by atoms with E-state index in [4.69, 9.17) is 9.47 Å². The lowest BCUT2D eigenvalue weighted by molar-refractivity contribution is 0.224. The van der Waals surface area contributed by atoms with Crippen molar-refractivity contribution in [3.05, 3.63) is 36.9 Å². The van der Waals surface area contributed by atoms with E-state index in [0.717, 1.165) is 11.3 Å². The number of para-hydroxylation sites is 1. The summed E-state index contributed by atoms with van der Waals surface area (Å²) in [5.74, 6) is 0.844. The van der Waals surface area contributed by atoms with Gasteiger partial charge in [0.2, 0.25) is 0 Å². The third kappa shape index (κ3) is 1.95. The molecule has 1 rings (SSSR count). The van der Waals surface area contributed by atoms with E-state index in [-0.39, 0.29) is 0 Å². The Morgan fingerprint density at radius 3 is 2.73 bits per heavy atom.